The number of hydrogen-bond acceptors (Lipinski definition) is 6. The van der Waals surface area contributed by atoms with E-state index in [-0.39, 0.29) is 30.3 Å². The molecule has 6 nitrogen and oxygen atoms in total. The maximum Gasteiger partial charge on any atom is 0.338 e. The van der Waals surface area contributed by atoms with Crippen LogP contribution in [0.1, 0.15) is 32.8 Å². The number of allylic oxidation sites excluding steroid dienone is 1. The maximum atomic E-state index is 12.3. The second kappa shape index (κ2) is 8.92. The highest BCUT2D eigenvalue weighted by atomic mass is 16.5. The van der Waals surface area contributed by atoms with Crippen molar-refractivity contribution in [2.75, 3.05) is 19.8 Å². The minimum Gasteiger partial charge on any atom is -0.503 e. The summed E-state index contributed by atoms with van der Waals surface area (Å²) in [6.07, 6.45) is 0.0722. The van der Waals surface area contributed by atoms with Crippen LogP contribution in [0.15, 0.2) is 52.4 Å². The highest BCUT2D eigenvalue weighted by molar-refractivity contribution is 6.04. The van der Waals surface area contributed by atoms with Crippen LogP contribution < -0.4 is 0 Å². The number of esters is 1. The van der Waals surface area contributed by atoms with Crippen LogP contribution in [0.2, 0.25) is 0 Å². The largest absolute Gasteiger partial charge is 0.503 e. The second-order valence-corrected chi connectivity index (χ2v) is 5.15. The van der Waals surface area contributed by atoms with Crippen molar-refractivity contribution in [3.8, 4) is 0 Å². The normalized spacial score (nSPS) is 14.8. The molecular weight excluding hydrogens is 322 g/mol. The quantitative estimate of drug-likeness (QED) is 0.797. The standard InChI is InChI=1S/C19H23NO5/c1-4-23-15-12-14(19(22)25-6-3)17(21)18(24-5-2)20-16(15)13-10-8-7-9-11-13/h7-11,21H,4-6,12H2,1-3H3. The van der Waals surface area contributed by atoms with E-state index in [4.69, 9.17) is 14.2 Å². The lowest BCUT2D eigenvalue weighted by molar-refractivity contribution is -0.138. The predicted octanol–water partition coefficient (Wildman–Crippen LogP) is 3.61. The molecule has 1 aromatic rings. The zero-order chi connectivity index (χ0) is 18.2. The zero-order valence-corrected chi connectivity index (χ0v) is 14.7. The molecule has 0 aliphatic carbocycles. The number of nitrogens with zero attached hydrogens (tertiary/aromatic N) is 1. The SMILES string of the molecule is CCOC(=O)C1=C(O)C(OCC)=NC(c2ccccc2)=C(OCC)C1. The van der Waals surface area contributed by atoms with Crippen LogP contribution in [0.25, 0.3) is 5.70 Å². The van der Waals surface area contributed by atoms with Crippen LogP contribution >= 0.6 is 0 Å². The average Bonchev–Trinajstić information content (AvgIpc) is 2.75. The molecule has 1 heterocycles. The van der Waals surface area contributed by atoms with E-state index in [0.717, 1.165) is 5.56 Å². The van der Waals surface area contributed by atoms with E-state index in [1.165, 1.54) is 0 Å². The molecule has 0 atom stereocenters. The van der Waals surface area contributed by atoms with E-state index >= 15 is 0 Å². The Morgan fingerprint density at radius 3 is 2.36 bits per heavy atom. The highest BCUT2D eigenvalue weighted by Crippen LogP contribution is 2.31. The molecule has 0 aromatic heterocycles. The van der Waals surface area contributed by atoms with Gasteiger partial charge in [0.2, 0.25) is 0 Å². The molecule has 0 saturated carbocycles. The van der Waals surface area contributed by atoms with Crippen molar-refractivity contribution in [1.82, 2.24) is 0 Å². The van der Waals surface area contributed by atoms with Crippen LogP contribution in [-0.2, 0) is 19.0 Å². The molecule has 2 rings (SSSR count). The number of hydrogen-bond donors (Lipinski definition) is 1. The van der Waals surface area contributed by atoms with E-state index in [2.05, 4.69) is 4.99 Å². The third-order valence-electron chi connectivity index (χ3n) is 3.47. The number of rotatable bonds is 6. The highest BCUT2D eigenvalue weighted by Gasteiger charge is 2.28. The van der Waals surface area contributed by atoms with Crippen molar-refractivity contribution < 1.29 is 24.1 Å². The summed E-state index contributed by atoms with van der Waals surface area (Å²) >= 11 is 0. The summed E-state index contributed by atoms with van der Waals surface area (Å²) in [5, 5.41) is 10.5. The molecule has 0 fully saturated rings. The van der Waals surface area contributed by atoms with Crippen LogP contribution in [-0.4, -0.2) is 36.8 Å². The Morgan fingerprint density at radius 1 is 1.08 bits per heavy atom. The van der Waals surface area contributed by atoms with Crippen molar-refractivity contribution in [3.63, 3.8) is 0 Å². The fraction of sp³-hybridized carbons (Fsp3) is 0.368. The Hall–Kier alpha value is -2.76. The fourth-order valence-electron chi connectivity index (χ4n) is 2.41. The van der Waals surface area contributed by atoms with Gasteiger partial charge in [-0.15, -0.1) is 0 Å². The van der Waals surface area contributed by atoms with Crippen LogP contribution in [0.5, 0.6) is 0 Å². The van der Waals surface area contributed by atoms with E-state index in [9.17, 15) is 9.90 Å². The smallest absolute Gasteiger partial charge is 0.338 e. The molecule has 0 saturated heterocycles. The molecule has 1 aliphatic heterocycles. The minimum atomic E-state index is -0.612. The van der Waals surface area contributed by atoms with Gasteiger partial charge in [-0.1, -0.05) is 30.3 Å². The van der Waals surface area contributed by atoms with E-state index in [1.54, 1.807) is 13.8 Å². The van der Waals surface area contributed by atoms with Gasteiger partial charge in [-0.05, 0) is 20.8 Å². The monoisotopic (exact) mass is 345 g/mol. The van der Waals surface area contributed by atoms with Crippen LogP contribution in [0.3, 0.4) is 0 Å². The summed E-state index contributed by atoms with van der Waals surface area (Å²) in [6.45, 7) is 6.24. The first-order chi connectivity index (χ1) is 12.1. The number of carbonyl (C=O) groups is 1. The van der Waals surface area contributed by atoms with Gasteiger partial charge in [0.15, 0.2) is 5.76 Å². The van der Waals surface area contributed by atoms with Crippen molar-refractivity contribution in [3.05, 3.63) is 53.0 Å². The first-order valence-corrected chi connectivity index (χ1v) is 8.34. The van der Waals surface area contributed by atoms with Crippen LogP contribution in [0.4, 0.5) is 0 Å². The number of aliphatic imine (C=N–C) groups is 1. The molecule has 0 spiro atoms. The first-order valence-electron chi connectivity index (χ1n) is 8.34. The summed E-state index contributed by atoms with van der Waals surface area (Å²) in [5.74, 6) is -0.459. The second-order valence-electron chi connectivity index (χ2n) is 5.15. The molecule has 134 valence electrons. The number of aliphatic hydroxyl groups is 1. The Labute approximate surface area is 147 Å². The van der Waals surface area contributed by atoms with Gasteiger partial charge in [0.1, 0.15) is 11.5 Å². The van der Waals surface area contributed by atoms with Crippen molar-refractivity contribution >= 4 is 17.6 Å². The van der Waals surface area contributed by atoms with Gasteiger partial charge < -0.3 is 19.3 Å². The Bertz CT molecular complexity index is 704. The van der Waals surface area contributed by atoms with E-state index in [1.807, 2.05) is 37.3 Å². The summed E-state index contributed by atoms with van der Waals surface area (Å²) in [6, 6.07) is 9.42. The van der Waals surface area contributed by atoms with Gasteiger partial charge >= 0.3 is 5.97 Å². The summed E-state index contributed by atoms with van der Waals surface area (Å²) in [4.78, 5) is 16.7. The van der Waals surface area contributed by atoms with Crippen molar-refractivity contribution in [2.24, 2.45) is 4.99 Å². The third kappa shape index (κ3) is 4.41. The summed E-state index contributed by atoms with van der Waals surface area (Å²) < 4.78 is 16.2. The number of benzene rings is 1. The molecule has 0 bridgehead atoms. The fourth-order valence-corrected chi connectivity index (χ4v) is 2.41. The van der Waals surface area contributed by atoms with Gasteiger partial charge in [-0.25, -0.2) is 9.79 Å². The minimum absolute atomic E-state index is 0.0147. The van der Waals surface area contributed by atoms with Gasteiger partial charge in [-0.3, -0.25) is 0 Å². The summed E-state index contributed by atoms with van der Waals surface area (Å²) in [5.41, 5.74) is 1.40. The predicted molar refractivity (Wildman–Crippen MR) is 95.0 cm³/mol. The molecule has 6 heteroatoms. The number of aliphatic hydroxyl groups excluding tert-OH is 1. The third-order valence-corrected chi connectivity index (χ3v) is 3.47. The Balaban J connectivity index is 2.60. The lowest BCUT2D eigenvalue weighted by atomic mass is 10.1. The van der Waals surface area contributed by atoms with Gasteiger partial charge in [0.05, 0.1) is 25.4 Å². The summed E-state index contributed by atoms with van der Waals surface area (Å²) in [7, 11) is 0. The lowest BCUT2D eigenvalue weighted by Crippen LogP contribution is -2.16. The Morgan fingerprint density at radius 2 is 1.76 bits per heavy atom. The van der Waals surface area contributed by atoms with Gasteiger partial charge in [0.25, 0.3) is 5.90 Å². The topological polar surface area (TPSA) is 77.4 Å². The molecule has 25 heavy (non-hydrogen) atoms. The molecule has 0 radical (unpaired) electrons. The Kier molecular flexibility index (Phi) is 6.62. The zero-order valence-electron chi connectivity index (χ0n) is 14.7. The van der Waals surface area contributed by atoms with Crippen molar-refractivity contribution in [2.45, 2.75) is 27.2 Å². The molecule has 1 aromatic carbocycles. The first kappa shape index (κ1) is 18.6. The number of carbonyl (C=O) groups excluding carboxylic acids is 1. The lowest BCUT2D eigenvalue weighted by Gasteiger charge is -2.12. The average molecular weight is 345 g/mol. The van der Waals surface area contributed by atoms with Gasteiger partial charge in [-0.2, -0.15) is 0 Å². The van der Waals surface area contributed by atoms with Crippen LogP contribution in [0, 0.1) is 0 Å². The van der Waals surface area contributed by atoms with E-state index < -0.39 is 5.97 Å². The molecular formula is C19H23NO5. The van der Waals surface area contributed by atoms with Gasteiger partial charge in [0, 0.05) is 12.0 Å². The molecule has 1 N–H and O–H groups in total. The van der Waals surface area contributed by atoms with Crippen molar-refractivity contribution in [1.29, 1.82) is 0 Å². The molecule has 0 unspecified atom stereocenters. The maximum absolute atomic E-state index is 12.3. The number of ether oxygens (including phenoxy) is 3. The molecule has 0 amide bonds. The van der Waals surface area contributed by atoms with E-state index in [0.29, 0.717) is 24.7 Å². The molecule has 1 aliphatic rings.